The number of hydrogen-bond acceptors (Lipinski definition) is 4. The fraction of sp³-hybridized carbons (Fsp3) is 0.571. The molecule has 1 aliphatic rings. The molecule has 20 heavy (non-hydrogen) atoms. The van der Waals surface area contributed by atoms with E-state index in [4.69, 9.17) is 10.5 Å². The van der Waals surface area contributed by atoms with Gasteiger partial charge in [0.1, 0.15) is 0 Å². The smallest absolute Gasteiger partial charge is 0.243 e. The van der Waals surface area contributed by atoms with Gasteiger partial charge < -0.3 is 10.5 Å². The average molecular weight is 298 g/mol. The summed E-state index contributed by atoms with van der Waals surface area (Å²) >= 11 is 0. The topological polar surface area (TPSA) is 72.6 Å². The van der Waals surface area contributed by atoms with Crippen LogP contribution in [0.25, 0.3) is 0 Å². The fourth-order valence-corrected chi connectivity index (χ4v) is 4.46. The molecule has 1 fully saturated rings. The second kappa shape index (κ2) is 5.02. The number of ether oxygens (including phenoxy) is 1. The number of nitrogens with zero attached hydrogens (tertiary/aromatic N) is 1. The Morgan fingerprint density at radius 3 is 2.55 bits per heavy atom. The number of benzene rings is 1. The Hall–Kier alpha value is -1.11. The summed E-state index contributed by atoms with van der Waals surface area (Å²) in [5.74, 6) is 0. The van der Waals surface area contributed by atoms with E-state index in [0.717, 1.165) is 5.56 Å². The summed E-state index contributed by atoms with van der Waals surface area (Å²) in [6.07, 6.45) is -0.129. The predicted molar refractivity (Wildman–Crippen MR) is 79.0 cm³/mol. The minimum atomic E-state index is -3.54. The van der Waals surface area contributed by atoms with Gasteiger partial charge in [0.15, 0.2) is 0 Å². The normalized spacial score (nSPS) is 23.7. The highest BCUT2D eigenvalue weighted by Gasteiger charge is 2.37. The molecule has 5 nitrogen and oxygen atoms in total. The van der Waals surface area contributed by atoms with Gasteiger partial charge in [-0.15, -0.1) is 0 Å². The van der Waals surface area contributed by atoms with Crippen LogP contribution in [0.1, 0.15) is 26.3 Å². The molecule has 0 aliphatic carbocycles. The molecule has 2 N–H and O–H groups in total. The van der Waals surface area contributed by atoms with Crippen molar-refractivity contribution in [2.75, 3.05) is 18.8 Å². The minimum absolute atomic E-state index is 0.129. The van der Waals surface area contributed by atoms with Crippen molar-refractivity contribution in [3.05, 3.63) is 23.8 Å². The number of rotatable bonds is 2. The minimum Gasteiger partial charge on any atom is -0.399 e. The largest absolute Gasteiger partial charge is 0.399 e. The van der Waals surface area contributed by atoms with Crippen molar-refractivity contribution in [1.82, 2.24) is 4.31 Å². The first-order valence-corrected chi connectivity index (χ1v) is 8.09. The Morgan fingerprint density at radius 1 is 1.35 bits per heavy atom. The summed E-state index contributed by atoms with van der Waals surface area (Å²) in [4.78, 5) is 0.250. The van der Waals surface area contributed by atoms with Crippen molar-refractivity contribution in [1.29, 1.82) is 0 Å². The highest BCUT2D eigenvalue weighted by molar-refractivity contribution is 7.89. The zero-order chi connectivity index (χ0) is 15.1. The lowest BCUT2D eigenvalue weighted by atomic mass is 10.1. The highest BCUT2D eigenvalue weighted by Crippen LogP contribution is 2.27. The third kappa shape index (κ3) is 3.13. The molecule has 1 aliphatic heterocycles. The van der Waals surface area contributed by atoms with Crippen LogP contribution in [0, 0.1) is 6.92 Å². The van der Waals surface area contributed by atoms with Crippen molar-refractivity contribution in [2.45, 2.75) is 44.3 Å². The molecule has 2 rings (SSSR count). The Balaban J connectivity index is 2.39. The van der Waals surface area contributed by atoms with Crippen LogP contribution < -0.4 is 5.73 Å². The van der Waals surface area contributed by atoms with Gasteiger partial charge in [-0.2, -0.15) is 4.31 Å². The summed E-state index contributed by atoms with van der Waals surface area (Å²) in [7, 11) is -3.54. The molecule has 1 unspecified atom stereocenters. The lowest BCUT2D eigenvalue weighted by molar-refractivity contribution is -0.109. The first kappa shape index (κ1) is 15.3. The molecular weight excluding hydrogens is 276 g/mol. The van der Waals surface area contributed by atoms with Crippen LogP contribution in [-0.2, 0) is 14.8 Å². The maximum atomic E-state index is 12.7. The number of nitrogen functional groups attached to an aromatic ring is 1. The Morgan fingerprint density at radius 2 is 2.00 bits per heavy atom. The number of hydrogen-bond donors (Lipinski definition) is 1. The maximum absolute atomic E-state index is 12.7. The Labute approximate surface area is 120 Å². The van der Waals surface area contributed by atoms with E-state index in [-0.39, 0.29) is 11.0 Å². The standard InChI is InChI=1S/C14H22N2O3S/c1-10-5-12(15)7-13(6-10)20(17,18)16-8-11(2)19-14(3,4)9-16/h5-7,11H,8-9,15H2,1-4H3. The number of aryl methyl sites for hydroxylation is 1. The zero-order valence-corrected chi connectivity index (χ0v) is 13.2. The number of sulfonamides is 1. The molecule has 6 heteroatoms. The van der Waals surface area contributed by atoms with E-state index in [9.17, 15) is 8.42 Å². The van der Waals surface area contributed by atoms with Gasteiger partial charge >= 0.3 is 0 Å². The average Bonchev–Trinajstić information content (AvgIpc) is 2.24. The Kier molecular flexibility index (Phi) is 3.83. The van der Waals surface area contributed by atoms with E-state index in [1.807, 2.05) is 27.7 Å². The van der Waals surface area contributed by atoms with Crippen LogP contribution in [-0.4, -0.2) is 37.5 Å². The van der Waals surface area contributed by atoms with Crippen LogP contribution in [0.3, 0.4) is 0 Å². The van der Waals surface area contributed by atoms with Crippen LogP contribution in [0.2, 0.25) is 0 Å². The third-order valence-corrected chi connectivity index (χ3v) is 5.04. The summed E-state index contributed by atoms with van der Waals surface area (Å²) in [5, 5.41) is 0. The SMILES string of the molecule is Cc1cc(N)cc(S(=O)(=O)N2CC(C)OC(C)(C)C2)c1. The molecule has 1 saturated heterocycles. The van der Waals surface area contributed by atoms with Crippen molar-refractivity contribution in [3.63, 3.8) is 0 Å². The molecule has 1 heterocycles. The summed E-state index contributed by atoms with van der Waals surface area (Å²) in [6.45, 7) is 8.22. The second-order valence-electron chi connectivity index (χ2n) is 6.07. The molecule has 0 radical (unpaired) electrons. The van der Waals surface area contributed by atoms with Gasteiger partial charge in [0, 0.05) is 18.8 Å². The van der Waals surface area contributed by atoms with Gasteiger partial charge in [-0.3, -0.25) is 0 Å². The van der Waals surface area contributed by atoms with E-state index in [0.29, 0.717) is 18.8 Å². The number of anilines is 1. The van der Waals surface area contributed by atoms with E-state index < -0.39 is 15.6 Å². The fourth-order valence-electron chi connectivity index (χ4n) is 2.65. The molecule has 0 saturated carbocycles. The molecule has 0 aromatic heterocycles. The second-order valence-corrected chi connectivity index (χ2v) is 8.00. The lowest BCUT2D eigenvalue weighted by Crippen LogP contribution is -2.53. The maximum Gasteiger partial charge on any atom is 0.243 e. The van der Waals surface area contributed by atoms with Crippen molar-refractivity contribution >= 4 is 15.7 Å². The van der Waals surface area contributed by atoms with Crippen LogP contribution in [0.4, 0.5) is 5.69 Å². The highest BCUT2D eigenvalue weighted by atomic mass is 32.2. The molecule has 1 aromatic carbocycles. The quantitative estimate of drug-likeness (QED) is 0.845. The summed E-state index contributed by atoms with van der Waals surface area (Å²) in [6, 6.07) is 4.92. The molecule has 0 spiro atoms. The van der Waals surface area contributed by atoms with Gasteiger partial charge in [0.25, 0.3) is 0 Å². The predicted octanol–water partition coefficient (Wildman–Crippen LogP) is 1.77. The van der Waals surface area contributed by atoms with E-state index in [2.05, 4.69) is 0 Å². The molecular formula is C14H22N2O3S. The zero-order valence-electron chi connectivity index (χ0n) is 12.4. The summed E-state index contributed by atoms with van der Waals surface area (Å²) in [5.41, 5.74) is 6.57. The van der Waals surface area contributed by atoms with Gasteiger partial charge in [-0.1, -0.05) is 0 Å². The van der Waals surface area contributed by atoms with Gasteiger partial charge in [-0.05, 0) is 51.5 Å². The van der Waals surface area contributed by atoms with Crippen LogP contribution >= 0.6 is 0 Å². The van der Waals surface area contributed by atoms with Crippen LogP contribution in [0.5, 0.6) is 0 Å². The van der Waals surface area contributed by atoms with Gasteiger partial charge in [0.2, 0.25) is 10.0 Å². The first-order chi connectivity index (χ1) is 9.10. The van der Waals surface area contributed by atoms with Crippen molar-refractivity contribution in [3.8, 4) is 0 Å². The van der Waals surface area contributed by atoms with Crippen LogP contribution in [0.15, 0.2) is 23.1 Å². The van der Waals surface area contributed by atoms with Crippen molar-refractivity contribution in [2.24, 2.45) is 0 Å². The first-order valence-electron chi connectivity index (χ1n) is 6.65. The van der Waals surface area contributed by atoms with E-state index >= 15 is 0 Å². The Bertz CT molecular complexity index is 591. The molecule has 1 atom stereocenters. The van der Waals surface area contributed by atoms with Gasteiger partial charge in [0.05, 0.1) is 16.6 Å². The van der Waals surface area contributed by atoms with Crippen molar-refractivity contribution < 1.29 is 13.2 Å². The molecule has 112 valence electrons. The molecule has 1 aromatic rings. The van der Waals surface area contributed by atoms with Gasteiger partial charge in [-0.25, -0.2) is 8.42 Å². The van der Waals surface area contributed by atoms with E-state index in [1.165, 1.54) is 10.4 Å². The molecule has 0 amide bonds. The monoisotopic (exact) mass is 298 g/mol. The number of nitrogens with two attached hydrogens (primary N) is 1. The lowest BCUT2D eigenvalue weighted by Gasteiger charge is -2.40. The van der Waals surface area contributed by atoms with E-state index in [1.54, 1.807) is 12.1 Å². The summed E-state index contributed by atoms with van der Waals surface area (Å²) < 4.78 is 32.7. The molecule has 0 bridgehead atoms. The third-order valence-electron chi connectivity index (χ3n) is 3.25. The number of morpholine rings is 1.